The lowest BCUT2D eigenvalue weighted by molar-refractivity contribution is 0.112. The molecule has 0 bridgehead atoms. The fourth-order valence-corrected chi connectivity index (χ4v) is 3.07. The van der Waals surface area contributed by atoms with Gasteiger partial charge in [0.05, 0.1) is 6.61 Å². The van der Waals surface area contributed by atoms with Gasteiger partial charge in [-0.3, -0.25) is 9.69 Å². The highest BCUT2D eigenvalue weighted by Gasteiger charge is 2.17. The Balaban J connectivity index is 1.83. The molecule has 0 spiro atoms. The number of carbonyl (C=O) groups excluding carboxylic acids is 1. The number of benzene rings is 1. The first kappa shape index (κ1) is 14.1. The summed E-state index contributed by atoms with van der Waals surface area (Å²) in [6, 6.07) is 6.32. The van der Waals surface area contributed by atoms with Crippen LogP contribution in [0.25, 0.3) is 10.9 Å². The van der Waals surface area contributed by atoms with Gasteiger partial charge in [-0.15, -0.1) is 0 Å². The Morgan fingerprint density at radius 2 is 2.00 bits per heavy atom. The van der Waals surface area contributed by atoms with E-state index in [1.54, 1.807) is 0 Å². The molecule has 0 saturated carbocycles. The van der Waals surface area contributed by atoms with Crippen molar-refractivity contribution in [1.82, 2.24) is 9.47 Å². The molecule has 112 valence electrons. The quantitative estimate of drug-likeness (QED) is 0.856. The summed E-state index contributed by atoms with van der Waals surface area (Å²) < 4.78 is 1.99. The van der Waals surface area contributed by atoms with E-state index in [0.717, 1.165) is 55.5 Å². The molecular weight excluding hydrogens is 266 g/mol. The first-order valence-corrected chi connectivity index (χ1v) is 7.35. The number of hydrogen-bond donors (Lipinski definition) is 1. The molecule has 1 aromatic carbocycles. The van der Waals surface area contributed by atoms with Crippen LogP contribution in [0, 0.1) is 0 Å². The van der Waals surface area contributed by atoms with E-state index in [1.165, 1.54) is 5.69 Å². The Kier molecular flexibility index (Phi) is 3.94. The fraction of sp³-hybridized carbons (Fsp3) is 0.438. The first-order valence-electron chi connectivity index (χ1n) is 7.35. The van der Waals surface area contributed by atoms with E-state index in [9.17, 15) is 4.79 Å². The third kappa shape index (κ3) is 2.66. The normalized spacial score (nSPS) is 16.6. The van der Waals surface area contributed by atoms with Crippen LogP contribution >= 0.6 is 0 Å². The number of fused-ring (bicyclic) bond motifs is 1. The zero-order valence-corrected chi connectivity index (χ0v) is 12.3. The Morgan fingerprint density at radius 3 is 2.67 bits per heavy atom. The second-order valence-electron chi connectivity index (χ2n) is 5.57. The molecule has 2 heterocycles. The van der Waals surface area contributed by atoms with Gasteiger partial charge >= 0.3 is 0 Å². The first-order chi connectivity index (χ1) is 10.2. The molecule has 5 heteroatoms. The van der Waals surface area contributed by atoms with Crippen LogP contribution in [-0.2, 0) is 7.05 Å². The van der Waals surface area contributed by atoms with E-state index in [2.05, 4.69) is 28.0 Å². The van der Waals surface area contributed by atoms with Gasteiger partial charge in [-0.25, -0.2) is 0 Å². The number of rotatable bonds is 4. The number of aromatic nitrogens is 1. The van der Waals surface area contributed by atoms with Crippen LogP contribution in [0.2, 0.25) is 0 Å². The summed E-state index contributed by atoms with van der Waals surface area (Å²) >= 11 is 0. The molecule has 1 N–H and O–H groups in total. The van der Waals surface area contributed by atoms with Gasteiger partial charge in [0, 0.05) is 68.1 Å². The average Bonchev–Trinajstić information content (AvgIpc) is 2.84. The highest BCUT2D eigenvalue weighted by molar-refractivity contribution is 5.99. The molecule has 1 aliphatic rings. The minimum absolute atomic E-state index is 0.221. The maximum Gasteiger partial charge on any atom is 0.152 e. The summed E-state index contributed by atoms with van der Waals surface area (Å²) in [4.78, 5) is 15.8. The minimum Gasteiger partial charge on any atom is -0.395 e. The highest BCUT2D eigenvalue weighted by Crippen LogP contribution is 2.26. The molecule has 1 saturated heterocycles. The Bertz CT molecular complexity index is 642. The van der Waals surface area contributed by atoms with Gasteiger partial charge in [-0.2, -0.15) is 0 Å². The van der Waals surface area contributed by atoms with Crippen LogP contribution in [0.1, 0.15) is 10.4 Å². The van der Waals surface area contributed by atoms with E-state index in [0.29, 0.717) is 0 Å². The number of anilines is 1. The smallest absolute Gasteiger partial charge is 0.152 e. The summed E-state index contributed by atoms with van der Waals surface area (Å²) in [5.74, 6) is 0. The number of hydrogen-bond acceptors (Lipinski definition) is 4. The number of nitrogens with zero attached hydrogens (tertiary/aromatic N) is 3. The lowest BCUT2D eigenvalue weighted by atomic mass is 10.1. The standard InChI is InChI=1S/C16H21N3O2/c1-17-11-13(12-21)15-10-14(2-3-16(15)17)19-6-4-18(5-7-19)8-9-20/h2-3,10-12,20H,4-9H2,1H3. The van der Waals surface area contributed by atoms with Crippen molar-refractivity contribution >= 4 is 22.9 Å². The van der Waals surface area contributed by atoms with Crippen molar-refractivity contribution < 1.29 is 9.90 Å². The predicted molar refractivity (Wildman–Crippen MR) is 84.0 cm³/mol. The zero-order valence-electron chi connectivity index (χ0n) is 12.3. The summed E-state index contributed by atoms with van der Waals surface area (Å²) in [5, 5.41) is 10.0. The van der Waals surface area contributed by atoms with Crippen LogP contribution in [0.4, 0.5) is 5.69 Å². The summed E-state index contributed by atoms with van der Waals surface area (Å²) in [6.07, 6.45) is 2.80. The molecule has 21 heavy (non-hydrogen) atoms. The molecule has 1 fully saturated rings. The van der Waals surface area contributed by atoms with Gasteiger partial charge in [-0.05, 0) is 18.2 Å². The molecule has 0 atom stereocenters. The van der Waals surface area contributed by atoms with Crippen molar-refractivity contribution in [3.63, 3.8) is 0 Å². The number of aryl methyl sites for hydroxylation is 1. The SMILES string of the molecule is Cn1cc(C=O)c2cc(N3CCN(CCO)CC3)ccc21. The van der Waals surface area contributed by atoms with Crippen molar-refractivity contribution in [2.45, 2.75) is 0 Å². The van der Waals surface area contributed by atoms with Crippen molar-refractivity contribution in [3.8, 4) is 0 Å². The van der Waals surface area contributed by atoms with Crippen LogP contribution in [-0.4, -0.2) is 60.2 Å². The van der Waals surface area contributed by atoms with Gasteiger partial charge in [0.15, 0.2) is 6.29 Å². The van der Waals surface area contributed by atoms with Gasteiger partial charge in [0.2, 0.25) is 0 Å². The number of aliphatic hydroxyl groups is 1. The van der Waals surface area contributed by atoms with Crippen LogP contribution in [0.5, 0.6) is 0 Å². The largest absolute Gasteiger partial charge is 0.395 e. The van der Waals surface area contributed by atoms with Crippen molar-refractivity contribution in [2.75, 3.05) is 44.2 Å². The Morgan fingerprint density at radius 1 is 1.24 bits per heavy atom. The zero-order chi connectivity index (χ0) is 14.8. The molecule has 3 rings (SSSR count). The van der Waals surface area contributed by atoms with Gasteiger partial charge in [0.1, 0.15) is 0 Å². The molecular formula is C16H21N3O2. The number of β-amino-alcohol motifs (C(OH)–C–C–N with tert-alkyl or cyclic N) is 1. The number of aliphatic hydroxyl groups excluding tert-OH is 1. The van der Waals surface area contributed by atoms with Crippen LogP contribution in [0.15, 0.2) is 24.4 Å². The lowest BCUT2D eigenvalue weighted by Gasteiger charge is -2.35. The molecule has 0 unspecified atom stereocenters. The monoisotopic (exact) mass is 287 g/mol. The topological polar surface area (TPSA) is 48.7 Å². The summed E-state index contributed by atoms with van der Waals surface area (Å²) in [5.41, 5.74) is 2.99. The third-order valence-corrected chi connectivity index (χ3v) is 4.28. The summed E-state index contributed by atoms with van der Waals surface area (Å²) in [7, 11) is 1.96. The summed E-state index contributed by atoms with van der Waals surface area (Å²) in [6.45, 7) is 4.81. The van der Waals surface area contributed by atoms with E-state index in [1.807, 2.05) is 17.8 Å². The van der Waals surface area contributed by atoms with E-state index in [-0.39, 0.29) is 6.61 Å². The molecule has 2 aromatic rings. The lowest BCUT2D eigenvalue weighted by Crippen LogP contribution is -2.47. The molecule has 1 aliphatic heterocycles. The molecule has 0 amide bonds. The van der Waals surface area contributed by atoms with E-state index < -0.39 is 0 Å². The Labute approximate surface area is 124 Å². The number of carbonyl (C=O) groups is 1. The fourth-order valence-electron chi connectivity index (χ4n) is 3.07. The van der Waals surface area contributed by atoms with E-state index >= 15 is 0 Å². The molecule has 0 radical (unpaired) electrons. The van der Waals surface area contributed by atoms with Gasteiger partial charge < -0.3 is 14.6 Å². The van der Waals surface area contributed by atoms with Crippen molar-refractivity contribution in [1.29, 1.82) is 0 Å². The maximum absolute atomic E-state index is 11.2. The van der Waals surface area contributed by atoms with Crippen LogP contribution < -0.4 is 4.90 Å². The number of aldehydes is 1. The second kappa shape index (κ2) is 5.87. The Hall–Kier alpha value is -1.85. The van der Waals surface area contributed by atoms with Crippen molar-refractivity contribution in [3.05, 3.63) is 30.0 Å². The average molecular weight is 287 g/mol. The van der Waals surface area contributed by atoms with Gasteiger partial charge in [0.25, 0.3) is 0 Å². The van der Waals surface area contributed by atoms with E-state index in [4.69, 9.17) is 5.11 Å². The molecule has 1 aromatic heterocycles. The second-order valence-corrected chi connectivity index (χ2v) is 5.57. The third-order valence-electron chi connectivity index (χ3n) is 4.28. The molecule has 0 aliphatic carbocycles. The molecule has 5 nitrogen and oxygen atoms in total. The minimum atomic E-state index is 0.221. The highest BCUT2D eigenvalue weighted by atomic mass is 16.3. The van der Waals surface area contributed by atoms with Crippen LogP contribution in [0.3, 0.4) is 0 Å². The van der Waals surface area contributed by atoms with Gasteiger partial charge in [-0.1, -0.05) is 0 Å². The maximum atomic E-state index is 11.2. The van der Waals surface area contributed by atoms with Crippen molar-refractivity contribution in [2.24, 2.45) is 7.05 Å². The predicted octanol–water partition coefficient (Wildman–Crippen LogP) is 1.11. The number of piperazine rings is 1.